The van der Waals surface area contributed by atoms with Crippen LogP contribution in [0.3, 0.4) is 0 Å². The Kier molecular flexibility index (Phi) is 6.80. The van der Waals surface area contributed by atoms with E-state index in [1.807, 2.05) is 13.0 Å². The molecular weight excluding hydrogens is 441 g/mol. The number of aliphatic hydroxyl groups is 1. The number of hydrogen-bond donors (Lipinski definition) is 2. The molecule has 0 heterocycles. The van der Waals surface area contributed by atoms with Crippen molar-refractivity contribution in [3.8, 4) is 0 Å². The molecule has 0 radical (unpaired) electrons. The number of benzene rings is 1. The van der Waals surface area contributed by atoms with Crippen LogP contribution in [0.15, 0.2) is 18.2 Å². The molecule has 1 aromatic carbocycles. The van der Waals surface area contributed by atoms with Crippen LogP contribution >= 0.6 is 0 Å². The van der Waals surface area contributed by atoms with Crippen molar-refractivity contribution in [1.29, 1.82) is 0 Å². The first-order valence-corrected chi connectivity index (χ1v) is 14.1. The topological polar surface area (TPSA) is 72.6 Å². The summed E-state index contributed by atoms with van der Waals surface area (Å²) in [4.78, 5) is 11.7. The molecule has 4 saturated carbocycles. The quantitative estimate of drug-likeness (QED) is 0.514. The number of carbonyl (C=O) groups is 1. The predicted molar refractivity (Wildman–Crippen MR) is 135 cm³/mol. The lowest BCUT2D eigenvalue weighted by Gasteiger charge is -2.57. The first-order chi connectivity index (χ1) is 16.7. The molecule has 4 aliphatic carbocycles. The van der Waals surface area contributed by atoms with Crippen LogP contribution < -0.4 is 5.73 Å². The van der Waals surface area contributed by atoms with Crippen molar-refractivity contribution in [1.82, 2.24) is 0 Å². The largest absolute Gasteiger partial charge is 0.387 e. The maximum absolute atomic E-state index is 15.2. The zero-order chi connectivity index (χ0) is 25.0. The zero-order valence-electron chi connectivity index (χ0n) is 21.8. The van der Waals surface area contributed by atoms with Crippen LogP contribution in [0, 0.1) is 46.7 Å². The molecule has 0 bridgehead atoms. The van der Waals surface area contributed by atoms with E-state index >= 15 is 4.39 Å². The van der Waals surface area contributed by atoms with Gasteiger partial charge >= 0.3 is 0 Å². The van der Waals surface area contributed by atoms with Crippen molar-refractivity contribution in [2.45, 2.75) is 90.1 Å². The van der Waals surface area contributed by atoms with Crippen molar-refractivity contribution < 1.29 is 19.0 Å². The summed E-state index contributed by atoms with van der Waals surface area (Å²) in [6.07, 6.45) is 10.2. The predicted octanol–water partition coefficient (Wildman–Crippen LogP) is 6.06. The Morgan fingerprint density at radius 1 is 1.14 bits per heavy atom. The summed E-state index contributed by atoms with van der Waals surface area (Å²) in [6.45, 7) is 7.78. The molecule has 0 aromatic heterocycles. The summed E-state index contributed by atoms with van der Waals surface area (Å²) < 4.78 is 20.9. The molecule has 0 unspecified atom stereocenters. The second-order valence-corrected chi connectivity index (χ2v) is 12.6. The van der Waals surface area contributed by atoms with Crippen LogP contribution in [0.1, 0.15) is 100 Å². The number of fused-ring (bicyclic) bond motifs is 5. The fourth-order valence-electron chi connectivity index (χ4n) is 9.56. The van der Waals surface area contributed by atoms with Gasteiger partial charge in [0.25, 0.3) is 5.91 Å². The SMILES string of the molecule is CCOC[C@@]1(O)CC[C@H]2[C@H](CC[C@@H]3[C@@H]2CC[C@@]2(C)[C@H]3CC[C@H]2[C@@H](C)c2cccc(C(N)=O)c2F)C1. The van der Waals surface area contributed by atoms with Gasteiger partial charge in [0.15, 0.2) is 0 Å². The van der Waals surface area contributed by atoms with Gasteiger partial charge in [-0.2, -0.15) is 0 Å². The molecule has 4 nitrogen and oxygen atoms in total. The summed E-state index contributed by atoms with van der Waals surface area (Å²) in [7, 11) is 0. The number of halogens is 1. The molecule has 1 amide bonds. The molecule has 0 aliphatic heterocycles. The molecule has 5 rings (SSSR count). The Morgan fingerprint density at radius 2 is 1.91 bits per heavy atom. The number of nitrogens with two attached hydrogens (primary N) is 1. The van der Waals surface area contributed by atoms with Crippen LogP contribution in [0.2, 0.25) is 0 Å². The van der Waals surface area contributed by atoms with E-state index in [4.69, 9.17) is 10.5 Å². The summed E-state index contributed by atoms with van der Waals surface area (Å²) in [5.74, 6) is 2.97. The fraction of sp³-hybridized carbons (Fsp3) is 0.767. The minimum Gasteiger partial charge on any atom is -0.387 e. The molecule has 4 aliphatic rings. The third-order valence-corrected chi connectivity index (χ3v) is 11.1. The summed E-state index contributed by atoms with van der Waals surface area (Å²) in [6, 6.07) is 5.12. The van der Waals surface area contributed by atoms with Gasteiger partial charge in [0.05, 0.1) is 17.8 Å². The number of hydrogen-bond acceptors (Lipinski definition) is 3. The van der Waals surface area contributed by atoms with Gasteiger partial charge in [0, 0.05) is 6.61 Å². The van der Waals surface area contributed by atoms with Crippen LogP contribution in [0.25, 0.3) is 0 Å². The molecule has 9 atom stereocenters. The second-order valence-electron chi connectivity index (χ2n) is 12.6. The van der Waals surface area contributed by atoms with Gasteiger partial charge in [0.1, 0.15) is 5.82 Å². The Bertz CT molecular complexity index is 952. The van der Waals surface area contributed by atoms with Gasteiger partial charge in [-0.25, -0.2) is 4.39 Å². The number of ether oxygens (including phenoxy) is 1. The molecule has 194 valence electrons. The van der Waals surface area contributed by atoms with E-state index in [0.29, 0.717) is 36.5 Å². The highest BCUT2D eigenvalue weighted by atomic mass is 19.1. The third kappa shape index (κ3) is 4.25. The number of primary amides is 1. The van der Waals surface area contributed by atoms with Crippen LogP contribution in [0.5, 0.6) is 0 Å². The van der Waals surface area contributed by atoms with Gasteiger partial charge in [-0.05, 0) is 123 Å². The smallest absolute Gasteiger partial charge is 0.251 e. The standard InChI is InChI=1S/C30H44FNO3/c1-4-35-17-30(34)15-13-21-19(16-30)8-9-23-22(21)12-14-29(3)25(10-11-26(23)29)18(2)20-6-5-7-24(27(20)31)28(32)33/h5-7,18-19,21-23,25-26,34H,4,8-17H2,1-3H3,(H2,32,33)/t18-,19+,21-,22+,23+,25-,26-,29+,30+/m0/s1. The molecule has 4 fully saturated rings. The normalized spacial score (nSPS) is 41.5. The van der Waals surface area contributed by atoms with Gasteiger partial charge < -0.3 is 15.6 Å². The minimum atomic E-state index is -0.690. The second kappa shape index (κ2) is 9.45. The average molecular weight is 486 g/mol. The number of rotatable bonds is 6. The van der Waals surface area contributed by atoms with Crippen LogP contribution in [-0.2, 0) is 4.74 Å². The van der Waals surface area contributed by atoms with E-state index in [9.17, 15) is 9.90 Å². The van der Waals surface area contributed by atoms with E-state index < -0.39 is 17.3 Å². The molecule has 1 aromatic rings. The molecule has 3 N–H and O–H groups in total. The highest BCUT2D eigenvalue weighted by Crippen LogP contribution is 2.66. The molecule has 5 heteroatoms. The number of carbonyl (C=O) groups excluding carboxylic acids is 1. The summed E-state index contributed by atoms with van der Waals surface area (Å²) >= 11 is 0. The lowest BCUT2D eigenvalue weighted by molar-refractivity contribution is -0.128. The van der Waals surface area contributed by atoms with Gasteiger partial charge in [-0.1, -0.05) is 26.0 Å². The van der Waals surface area contributed by atoms with Crippen molar-refractivity contribution in [3.63, 3.8) is 0 Å². The first-order valence-electron chi connectivity index (χ1n) is 14.1. The van der Waals surface area contributed by atoms with Crippen LogP contribution in [0.4, 0.5) is 4.39 Å². The van der Waals surface area contributed by atoms with E-state index in [-0.39, 0.29) is 16.9 Å². The van der Waals surface area contributed by atoms with E-state index in [1.54, 1.807) is 6.07 Å². The maximum atomic E-state index is 15.2. The minimum absolute atomic E-state index is 0.0117. The van der Waals surface area contributed by atoms with E-state index in [2.05, 4.69) is 13.8 Å². The molecule has 0 spiro atoms. The van der Waals surface area contributed by atoms with Crippen molar-refractivity contribution in [3.05, 3.63) is 35.1 Å². The molecule has 35 heavy (non-hydrogen) atoms. The first kappa shape index (κ1) is 25.2. The summed E-state index contributed by atoms with van der Waals surface area (Å²) in [5, 5.41) is 11.1. The highest BCUT2D eigenvalue weighted by molar-refractivity contribution is 5.93. The zero-order valence-corrected chi connectivity index (χ0v) is 21.8. The van der Waals surface area contributed by atoms with Crippen LogP contribution in [-0.4, -0.2) is 29.8 Å². The van der Waals surface area contributed by atoms with Gasteiger partial charge in [0.2, 0.25) is 0 Å². The highest BCUT2D eigenvalue weighted by Gasteiger charge is 2.58. The lowest BCUT2D eigenvalue weighted by Crippen LogP contribution is -2.52. The van der Waals surface area contributed by atoms with E-state index in [1.165, 1.54) is 38.2 Å². The third-order valence-electron chi connectivity index (χ3n) is 11.1. The fourth-order valence-corrected chi connectivity index (χ4v) is 9.56. The number of amides is 1. The lowest BCUT2D eigenvalue weighted by atomic mass is 9.48. The Morgan fingerprint density at radius 3 is 2.66 bits per heavy atom. The van der Waals surface area contributed by atoms with Crippen molar-refractivity contribution in [2.24, 2.45) is 46.7 Å². The van der Waals surface area contributed by atoms with Crippen molar-refractivity contribution >= 4 is 5.91 Å². The van der Waals surface area contributed by atoms with Gasteiger partial charge in [-0.3, -0.25) is 4.79 Å². The summed E-state index contributed by atoms with van der Waals surface area (Å²) in [5.41, 5.74) is 5.68. The molecule has 0 saturated heterocycles. The Hall–Kier alpha value is -1.46. The Balaban J connectivity index is 1.32. The maximum Gasteiger partial charge on any atom is 0.251 e. The average Bonchev–Trinajstić information content (AvgIpc) is 3.19. The van der Waals surface area contributed by atoms with Crippen molar-refractivity contribution in [2.75, 3.05) is 13.2 Å². The Labute approximate surface area is 210 Å². The molecular formula is C30H44FNO3. The van der Waals surface area contributed by atoms with E-state index in [0.717, 1.165) is 43.4 Å². The monoisotopic (exact) mass is 485 g/mol. The van der Waals surface area contributed by atoms with Gasteiger partial charge in [-0.15, -0.1) is 0 Å².